The second-order valence-electron chi connectivity index (χ2n) is 7.77. The van der Waals surface area contributed by atoms with E-state index in [1.165, 1.54) is 26.2 Å². The molecule has 5 heteroatoms. The predicted molar refractivity (Wildman–Crippen MR) is 101 cm³/mol. The van der Waals surface area contributed by atoms with Gasteiger partial charge in [-0.1, -0.05) is 53.0 Å². The van der Waals surface area contributed by atoms with Gasteiger partial charge in [0.1, 0.15) is 5.69 Å². The Kier molecular flexibility index (Phi) is 6.20. The molecule has 1 aliphatic rings. The molecule has 1 aliphatic carbocycles. The van der Waals surface area contributed by atoms with Crippen molar-refractivity contribution in [1.29, 1.82) is 0 Å². The van der Waals surface area contributed by atoms with Gasteiger partial charge in [0.05, 0.1) is 4.92 Å². The molecule has 0 atom stereocenters. The number of carbonyl (C=O) groups excluding carboxylic acids is 1. The molecule has 0 unspecified atom stereocenters. The predicted octanol–water partition coefficient (Wildman–Crippen LogP) is 5.85. The number of carbonyl (C=O) groups is 1. The van der Waals surface area contributed by atoms with Crippen molar-refractivity contribution in [1.82, 2.24) is 0 Å². The minimum atomic E-state index is -0.307. The van der Waals surface area contributed by atoms with Gasteiger partial charge in [0.2, 0.25) is 5.91 Å². The van der Waals surface area contributed by atoms with Crippen LogP contribution in [0, 0.1) is 10.1 Å². The Morgan fingerprint density at radius 3 is 2.20 bits per heavy atom. The third kappa shape index (κ3) is 4.20. The maximum absolute atomic E-state index is 12.0. The number of hydrogen-bond acceptors (Lipinski definition) is 3. The topological polar surface area (TPSA) is 72.2 Å². The van der Waals surface area contributed by atoms with Gasteiger partial charge in [-0.05, 0) is 41.7 Å². The molecule has 2 rings (SSSR count). The Balaban J connectivity index is 2.78. The molecule has 0 aliphatic heterocycles. The van der Waals surface area contributed by atoms with Crippen LogP contribution in [0.15, 0.2) is 6.07 Å². The monoisotopic (exact) mass is 346 g/mol. The molecule has 0 aromatic heterocycles. The first kappa shape index (κ1) is 19.4. The lowest BCUT2D eigenvalue weighted by Crippen LogP contribution is -2.17. The number of anilines is 1. The first-order valence-electron chi connectivity index (χ1n) is 9.36. The van der Waals surface area contributed by atoms with Gasteiger partial charge >= 0.3 is 0 Å². The Labute approximate surface area is 150 Å². The molecule has 1 fully saturated rings. The number of nitrogens with one attached hydrogen (secondary N) is 1. The molecule has 1 N–H and O–H groups in total. The van der Waals surface area contributed by atoms with Crippen LogP contribution in [0.25, 0.3) is 0 Å². The summed E-state index contributed by atoms with van der Waals surface area (Å²) in [6.45, 7) is 9.44. The maximum Gasteiger partial charge on any atom is 0.296 e. The van der Waals surface area contributed by atoms with Crippen LogP contribution >= 0.6 is 0 Å². The van der Waals surface area contributed by atoms with E-state index in [0.29, 0.717) is 11.6 Å². The molecule has 0 bridgehead atoms. The Bertz CT molecular complexity index is 659. The van der Waals surface area contributed by atoms with Gasteiger partial charge in [-0.3, -0.25) is 14.9 Å². The molecule has 1 amide bonds. The Morgan fingerprint density at radius 2 is 1.76 bits per heavy atom. The van der Waals surface area contributed by atoms with E-state index in [1.54, 1.807) is 0 Å². The van der Waals surface area contributed by atoms with Crippen molar-refractivity contribution in [2.24, 2.45) is 0 Å². The molecule has 25 heavy (non-hydrogen) atoms. The van der Waals surface area contributed by atoms with Crippen LogP contribution in [-0.2, 0) is 4.79 Å². The quantitative estimate of drug-likeness (QED) is 0.537. The van der Waals surface area contributed by atoms with Crippen molar-refractivity contribution in [3.63, 3.8) is 0 Å². The highest BCUT2D eigenvalue weighted by Gasteiger charge is 2.32. The summed E-state index contributed by atoms with van der Waals surface area (Å²) < 4.78 is 0. The first-order chi connectivity index (χ1) is 11.7. The molecule has 1 aromatic rings. The van der Waals surface area contributed by atoms with Crippen molar-refractivity contribution in [2.75, 3.05) is 5.32 Å². The van der Waals surface area contributed by atoms with Crippen molar-refractivity contribution in [2.45, 2.75) is 84.5 Å². The van der Waals surface area contributed by atoms with E-state index >= 15 is 0 Å². The van der Waals surface area contributed by atoms with E-state index < -0.39 is 0 Å². The zero-order valence-corrected chi connectivity index (χ0v) is 16.0. The van der Waals surface area contributed by atoms with Gasteiger partial charge in [0, 0.05) is 12.5 Å². The van der Waals surface area contributed by atoms with Crippen LogP contribution in [0.2, 0.25) is 0 Å². The number of benzene rings is 1. The van der Waals surface area contributed by atoms with Crippen LogP contribution in [0.4, 0.5) is 11.4 Å². The molecule has 0 radical (unpaired) electrons. The summed E-state index contributed by atoms with van der Waals surface area (Å²) in [6, 6.07) is 2.13. The third-order valence-electron chi connectivity index (χ3n) is 5.13. The van der Waals surface area contributed by atoms with E-state index in [1.807, 2.05) is 27.7 Å². The summed E-state index contributed by atoms with van der Waals surface area (Å²) in [5.74, 6) is 0.244. The fourth-order valence-electron chi connectivity index (χ4n) is 4.04. The van der Waals surface area contributed by atoms with E-state index in [9.17, 15) is 14.9 Å². The molecule has 138 valence electrons. The molecule has 0 saturated heterocycles. The zero-order chi connectivity index (χ0) is 18.7. The molecule has 0 spiro atoms. The summed E-state index contributed by atoms with van der Waals surface area (Å²) in [4.78, 5) is 23.4. The number of rotatable bonds is 5. The van der Waals surface area contributed by atoms with Crippen molar-refractivity contribution < 1.29 is 9.72 Å². The number of nitro benzene ring substituents is 1. The van der Waals surface area contributed by atoms with Crippen molar-refractivity contribution in [3.05, 3.63) is 32.9 Å². The van der Waals surface area contributed by atoms with Crippen LogP contribution in [0.5, 0.6) is 0 Å². The van der Waals surface area contributed by atoms with E-state index in [-0.39, 0.29) is 28.4 Å². The van der Waals surface area contributed by atoms with Crippen LogP contribution in [0.3, 0.4) is 0 Å². The summed E-state index contributed by atoms with van der Waals surface area (Å²) in [5.41, 5.74) is 3.27. The second kappa shape index (κ2) is 7.98. The van der Waals surface area contributed by atoms with Crippen LogP contribution in [0.1, 0.15) is 101 Å². The minimum Gasteiger partial charge on any atom is -0.320 e. The lowest BCUT2D eigenvalue weighted by molar-refractivity contribution is -0.384. The molecule has 0 heterocycles. The average Bonchev–Trinajstić information content (AvgIpc) is 2.53. The standard InChI is InChI=1S/C20H30N2O3/c1-12(2)16-11-17(15-9-7-6-8-10-15)18(13(3)4)20(22(24)25)19(16)21-14(5)23/h11-13,15H,6-10H2,1-5H3,(H,21,23). The zero-order valence-electron chi connectivity index (χ0n) is 16.0. The molecule has 1 saturated carbocycles. The average molecular weight is 346 g/mol. The highest BCUT2D eigenvalue weighted by Crippen LogP contribution is 2.46. The summed E-state index contributed by atoms with van der Waals surface area (Å²) in [6.07, 6.45) is 5.79. The van der Waals surface area contributed by atoms with Gasteiger partial charge < -0.3 is 5.32 Å². The van der Waals surface area contributed by atoms with E-state index in [2.05, 4.69) is 11.4 Å². The number of nitrogens with zero attached hydrogens (tertiary/aromatic N) is 1. The van der Waals surface area contributed by atoms with Crippen molar-refractivity contribution >= 4 is 17.3 Å². The summed E-state index contributed by atoms with van der Waals surface area (Å²) in [7, 11) is 0. The molecular formula is C20H30N2O3. The summed E-state index contributed by atoms with van der Waals surface area (Å²) in [5, 5.41) is 14.7. The van der Waals surface area contributed by atoms with E-state index in [0.717, 1.165) is 29.5 Å². The van der Waals surface area contributed by atoms with Crippen molar-refractivity contribution in [3.8, 4) is 0 Å². The van der Waals surface area contributed by atoms with Crippen LogP contribution < -0.4 is 5.32 Å². The van der Waals surface area contributed by atoms with Crippen LogP contribution in [-0.4, -0.2) is 10.8 Å². The fourth-order valence-corrected chi connectivity index (χ4v) is 4.04. The molecule has 1 aromatic carbocycles. The fraction of sp³-hybridized carbons (Fsp3) is 0.650. The third-order valence-corrected chi connectivity index (χ3v) is 5.13. The normalized spacial score (nSPS) is 15.6. The number of amides is 1. The summed E-state index contributed by atoms with van der Waals surface area (Å²) >= 11 is 0. The lowest BCUT2D eigenvalue weighted by atomic mass is 9.77. The molecule has 5 nitrogen and oxygen atoms in total. The van der Waals surface area contributed by atoms with Gasteiger partial charge in [-0.15, -0.1) is 0 Å². The smallest absolute Gasteiger partial charge is 0.296 e. The maximum atomic E-state index is 12.0. The minimum absolute atomic E-state index is 0.0334. The van der Waals surface area contributed by atoms with E-state index in [4.69, 9.17) is 0 Å². The molecular weight excluding hydrogens is 316 g/mol. The number of hydrogen-bond donors (Lipinski definition) is 1. The largest absolute Gasteiger partial charge is 0.320 e. The van der Waals surface area contributed by atoms with Gasteiger partial charge in [-0.25, -0.2) is 0 Å². The first-order valence-corrected chi connectivity index (χ1v) is 9.36. The Hall–Kier alpha value is -1.91. The highest BCUT2D eigenvalue weighted by atomic mass is 16.6. The van der Waals surface area contributed by atoms with Gasteiger partial charge in [0.15, 0.2) is 0 Å². The highest BCUT2D eigenvalue weighted by molar-refractivity contribution is 5.93. The number of nitro groups is 1. The Morgan fingerprint density at radius 1 is 1.16 bits per heavy atom. The second-order valence-corrected chi connectivity index (χ2v) is 7.77. The van der Waals surface area contributed by atoms with Gasteiger partial charge in [-0.2, -0.15) is 0 Å². The SMILES string of the molecule is CC(=O)Nc1c(C(C)C)cc(C2CCCCC2)c(C(C)C)c1[N+](=O)[O-]. The van der Waals surface area contributed by atoms with Gasteiger partial charge in [0.25, 0.3) is 5.69 Å². The lowest BCUT2D eigenvalue weighted by Gasteiger charge is -2.28.